The van der Waals surface area contributed by atoms with Crippen molar-refractivity contribution in [1.82, 2.24) is 9.88 Å². The number of likely N-dealkylation sites (N-methyl/N-ethyl adjacent to an activating group) is 1. The van der Waals surface area contributed by atoms with Gasteiger partial charge in [-0.1, -0.05) is 0 Å². The van der Waals surface area contributed by atoms with Crippen LogP contribution in [0.4, 0.5) is 4.79 Å². The third-order valence-corrected chi connectivity index (χ3v) is 3.09. The summed E-state index contributed by atoms with van der Waals surface area (Å²) in [7, 11) is 1.54. The van der Waals surface area contributed by atoms with Crippen LogP contribution in [0.2, 0.25) is 0 Å². The van der Waals surface area contributed by atoms with Gasteiger partial charge in [-0.2, -0.15) is 0 Å². The van der Waals surface area contributed by atoms with Crippen molar-refractivity contribution in [2.45, 2.75) is 39.3 Å². The first-order valence-electron chi connectivity index (χ1n) is 6.23. The summed E-state index contributed by atoms with van der Waals surface area (Å²) < 4.78 is 6.03. The standard InChI is InChI=1S/C14H19BrN2O3/c1-9(17(5)13(19)20-14(2,3)4)12(18)11-7-6-10(15)8-16-11/h6-9H,1-5H3. The molecule has 0 radical (unpaired) electrons. The molecule has 1 amide bonds. The normalized spacial score (nSPS) is 12.7. The maximum Gasteiger partial charge on any atom is 0.410 e. The molecule has 0 aliphatic rings. The lowest BCUT2D eigenvalue weighted by Crippen LogP contribution is -2.43. The van der Waals surface area contributed by atoms with Crippen LogP contribution < -0.4 is 0 Å². The minimum atomic E-state index is -0.640. The maximum atomic E-state index is 12.2. The number of carbonyl (C=O) groups is 2. The number of Topliss-reactive ketones (excluding diaryl/α,β-unsaturated/α-hetero) is 1. The number of ether oxygens (including phenoxy) is 1. The highest BCUT2D eigenvalue weighted by Gasteiger charge is 2.28. The van der Waals surface area contributed by atoms with E-state index in [4.69, 9.17) is 4.74 Å². The minimum Gasteiger partial charge on any atom is -0.444 e. The van der Waals surface area contributed by atoms with E-state index in [1.165, 1.54) is 11.9 Å². The second-order valence-electron chi connectivity index (χ2n) is 5.49. The number of pyridine rings is 1. The highest BCUT2D eigenvalue weighted by molar-refractivity contribution is 9.10. The fourth-order valence-corrected chi connectivity index (χ4v) is 1.64. The number of ketones is 1. The van der Waals surface area contributed by atoms with Crippen molar-refractivity contribution >= 4 is 27.8 Å². The van der Waals surface area contributed by atoms with Gasteiger partial charge in [0.1, 0.15) is 11.3 Å². The van der Waals surface area contributed by atoms with Crippen LogP contribution >= 0.6 is 15.9 Å². The van der Waals surface area contributed by atoms with Gasteiger partial charge in [0.05, 0.1) is 6.04 Å². The molecule has 6 heteroatoms. The molecule has 0 bridgehead atoms. The van der Waals surface area contributed by atoms with Crippen LogP contribution in [-0.2, 0) is 4.74 Å². The maximum absolute atomic E-state index is 12.2. The number of aromatic nitrogens is 1. The number of rotatable bonds is 3. The van der Waals surface area contributed by atoms with E-state index in [2.05, 4.69) is 20.9 Å². The molecule has 1 rings (SSSR count). The van der Waals surface area contributed by atoms with Gasteiger partial charge in [0.2, 0.25) is 5.78 Å². The van der Waals surface area contributed by atoms with Gasteiger partial charge in [0.25, 0.3) is 0 Å². The number of hydrogen-bond donors (Lipinski definition) is 0. The van der Waals surface area contributed by atoms with Gasteiger partial charge in [-0.05, 0) is 55.8 Å². The molecule has 5 nitrogen and oxygen atoms in total. The second kappa shape index (κ2) is 6.35. The largest absolute Gasteiger partial charge is 0.444 e. The van der Waals surface area contributed by atoms with E-state index in [1.54, 1.807) is 46.0 Å². The Labute approximate surface area is 127 Å². The van der Waals surface area contributed by atoms with Crippen molar-refractivity contribution in [1.29, 1.82) is 0 Å². The van der Waals surface area contributed by atoms with Crippen molar-refractivity contribution in [2.75, 3.05) is 7.05 Å². The van der Waals surface area contributed by atoms with E-state index >= 15 is 0 Å². The summed E-state index contributed by atoms with van der Waals surface area (Å²) in [5.74, 6) is -0.231. The molecule has 110 valence electrons. The Kier molecular flexibility index (Phi) is 5.28. The van der Waals surface area contributed by atoms with Crippen molar-refractivity contribution in [2.24, 2.45) is 0 Å². The molecular formula is C14H19BrN2O3. The number of nitrogens with zero attached hydrogens (tertiary/aromatic N) is 2. The monoisotopic (exact) mass is 342 g/mol. The smallest absolute Gasteiger partial charge is 0.410 e. The van der Waals surface area contributed by atoms with Gasteiger partial charge in [-0.15, -0.1) is 0 Å². The lowest BCUT2D eigenvalue weighted by Gasteiger charge is -2.27. The van der Waals surface area contributed by atoms with Crippen LogP contribution in [-0.4, -0.2) is 40.5 Å². The topological polar surface area (TPSA) is 59.5 Å². The van der Waals surface area contributed by atoms with E-state index in [-0.39, 0.29) is 5.78 Å². The second-order valence-corrected chi connectivity index (χ2v) is 6.41. The highest BCUT2D eigenvalue weighted by Crippen LogP contribution is 2.14. The quantitative estimate of drug-likeness (QED) is 0.791. The fraction of sp³-hybridized carbons (Fsp3) is 0.500. The van der Waals surface area contributed by atoms with Crippen LogP contribution in [0.25, 0.3) is 0 Å². The van der Waals surface area contributed by atoms with Gasteiger partial charge in [-0.25, -0.2) is 4.79 Å². The van der Waals surface area contributed by atoms with E-state index < -0.39 is 17.7 Å². The third-order valence-electron chi connectivity index (χ3n) is 2.62. The molecule has 0 aliphatic heterocycles. The summed E-state index contributed by atoms with van der Waals surface area (Å²) in [6.07, 6.45) is 1.02. The predicted octanol–water partition coefficient (Wildman–Crippen LogP) is 3.28. The van der Waals surface area contributed by atoms with Crippen molar-refractivity contribution in [3.8, 4) is 0 Å². The van der Waals surface area contributed by atoms with Gasteiger partial charge in [-0.3, -0.25) is 9.78 Å². The molecule has 0 saturated carbocycles. The Morgan fingerprint density at radius 2 is 1.95 bits per heavy atom. The summed E-state index contributed by atoms with van der Waals surface area (Å²) in [6.45, 7) is 6.99. The van der Waals surface area contributed by atoms with Crippen LogP contribution in [0.15, 0.2) is 22.8 Å². The fourth-order valence-electron chi connectivity index (χ4n) is 1.40. The van der Waals surface area contributed by atoms with Crippen molar-refractivity contribution in [3.63, 3.8) is 0 Å². The zero-order valence-electron chi connectivity index (χ0n) is 12.3. The van der Waals surface area contributed by atoms with E-state index in [0.717, 1.165) is 4.47 Å². The van der Waals surface area contributed by atoms with Gasteiger partial charge in [0, 0.05) is 17.7 Å². The molecule has 0 N–H and O–H groups in total. The van der Waals surface area contributed by atoms with Crippen LogP contribution in [0.3, 0.4) is 0 Å². The number of carbonyl (C=O) groups excluding carboxylic acids is 2. The van der Waals surface area contributed by atoms with Crippen LogP contribution in [0.5, 0.6) is 0 Å². The van der Waals surface area contributed by atoms with Crippen molar-refractivity contribution in [3.05, 3.63) is 28.5 Å². The number of halogens is 1. The third kappa shape index (κ3) is 4.59. The van der Waals surface area contributed by atoms with E-state index in [1.807, 2.05) is 0 Å². The number of amides is 1. The summed E-state index contributed by atoms with van der Waals surface area (Å²) in [5.41, 5.74) is -0.277. The summed E-state index contributed by atoms with van der Waals surface area (Å²) >= 11 is 3.26. The lowest BCUT2D eigenvalue weighted by molar-refractivity contribution is 0.0230. The molecule has 1 unspecified atom stereocenters. The zero-order chi connectivity index (χ0) is 15.5. The molecule has 1 atom stereocenters. The Balaban J connectivity index is 2.78. The SMILES string of the molecule is CC(C(=O)c1ccc(Br)cn1)N(C)C(=O)OC(C)(C)C. The molecule has 1 heterocycles. The predicted molar refractivity (Wildman–Crippen MR) is 79.7 cm³/mol. The average Bonchev–Trinajstić information content (AvgIpc) is 2.35. The lowest BCUT2D eigenvalue weighted by atomic mass is 10.1. The van der Waals surface area contributed by atoms with Gasteiger partial charge in [0.15, 0.2) is 0 Å². The first kappa shape index (κ1) is 16.6. The summed E-state index contributed by atoms with van der Waals surface area (Å²) in [4.78, 5) is 29.5. The summed E-state index contributed by atoms with van der Waals surface area (Å²) in [5, 5.41) is 0. The van der Waals surface area contributed by atoms with Crippen LogP contribution in [0.1, 0.15) is 38.2 Å². The Morgan fingerprint density at radius 3 is 2.40 bits per heavy atom. The molecule has 1 aromatic rings. The molecule has 0 aromatic carbocycles. The zero-order valence-corrected chi connectivity index (χ0v) is 13.9. The molecule has 1 aromatic heterocycles. The average molecular weight is 343 g/mol. The first-order valence-corrected chi connectivity index (χ1v) is 7.02. The molecule has 0 saturated heterocycles. The van der Waals surface area contributed by atoms with Crippen molar-refractivity contribution < 1.29 is 14.3 Å². The first-order chi connectivity index (χ1) is 9.11. The van der Waals surface area contributed by atoms with E-state index in [0.29, 0.717) is 5.69 Å². The molecule has 20 heavy (non-hydrogen) atoms. The molecule has 0 fully saturated rings. The Morgan fingerprint density at radius 1 is 1.35 bits per heavy atom. The Hall–Kier alpha value is -1.43. The summed E-state index contributed by atoms with van der Waals surface area (Å²) in [6, 6.07) is 2.71. The van der Waals surface area contributed by atoms with Crippen LogP contribution in [0, 0.1) is 0 Å². The van der Waals surface area contributed by atoms with Gasteiger partial charge >= 0.3 is 6.09 Å². The molecular weight excluding hydrogens is 324 g/mol. The molecule has 0 aliphatic carbocycles. The minimum absolute atomic E-state index is 0.231. The molecule has 0 spiro atoms. The van der Waals surface area contributed by atoms with E-state index in [9.17, 15) is 9.59 Å². The van der Waals surface area contributed by atoms with Gasteiger partial charge < -0.3 is 9.64 Å². The number of hydrogen-bond acceptors (Lipinski definition) is 4. The Bertz CT molecular complexity index is 494. The highest BCUT2D eigenvalue weighted by atomic mass is 79.9.